The highest BCUT2D eigenvalue weighted by molar-refractivity contribution is 7.86. The van der Waals surface area contributed by atoms with Crippen molar-refractivity contribution in [3.05, 3.63) is 137 Å². The van der Waals surface area contributed by atoms with Crippen LogP contribution in [0.15, 0.2) is 119 Å². The van der Waals surface area contributed by atoms with Crippen molar-refractivity contribution in [2.75, 3.05) is 44.2 Å². The lowest BCUT2D eigenvalue weighted by Gasteiger charge is -2.25. The molecule has 0 bridgehead atoms. The van der Waals surface area contributed by atoms with Crippen LogP contribution in [0.4, 0.5) is 5.69 Å². The van der Waals surface area contributed by atoms with Gasteiger partial charge in [-0.2, -0.15) is 8.42 Å². The smallest absolute Gasteiger partial charge is 0.295 e. The summed E-state index contributed by atoms with van der Waals surface area (Å²) >= 11 is 0. The van der Waals surface area contributed by atoms with E-state index in [9.17, 15) is 32.1 Å². The summed E-state index contributed by atoms with van der Waals surface area (Å²) in [6.07, 6.45) is 1.06. The van der Waals surface area contributed by atoms with Crippen LogP contribution in [0.1, 0.15) is 68.1 Å². The summed E-state index contributed by atoms with van der Waals surface area (Å²) < 4.78 is 44.5. The van der Waals surface area contributed by atoms with Gasteiger partial charge in [0.25, 0.3) is 33.7 Å². The second-order valence-electron chi connectivity index (χ2n) is 14.3. The van der Waals surface area contributed by atoms with Crippen LogP contribution >= 0.6 is 0 Å². The molecule has 1 N–H and O–H groups in total. The zero-order chi connectivity index (χ0) is 40.7. The number of benzene rings is 5. The second-order valence-corrected chi connectivity index (χ2v) is 15.7. The fraction of sp³-hybridized carbons (Fsp3) is 0.222. The number of nitrogens with zero attached hydrogens (tertiary/aromatic N) is 4. The molecule has 3 aliphatic heterocycles. The van der Waals surface area contributed by atoms with Crippen LogP contribution in [-0.4, -0.2) is 85.7 Å². The minimum absolute atomic E-state index is 0.233. The van der Waals surface area contributed by atoms with Gasteiger partial charge in [-0.25, -0.2) is 4.58 Å². The van der Waals surface area contributed by atoms with Crippen molar-refractivity contribution in [2.24, 2.45) is 0 Å². The predicted octanol–water partition coefficient (Wildman–Crippen LogP) is 6.44. The Morgan fingerprint density at radius 1 is 0.655 bits per heavy atom. The van der Waals surface area contributed by atoms with Gasteiger partial charge in [0.15, 0.2) is 0 Å². The molecule has 12 nitrogen and oxygen atoms in total. The predicted molar refractivity (Wildman–Crippen MR) is 220 cm³/mol. The molecule has 0 unspecified atom stereocenters. The molecule has 0 radical (unpaired) electrons. The number of hydrogen-bond acceptors (Lipinski definition) is 8. The fourth-order valence-electron chi connectivity index (χ4n) is 8.11. The molecule has 0 atom stereocenters. The van der Waals surface area contributed by atoms with Crippen molar-refractivity contribution in [2.45, 2.75) is 31.6 Å². The van der Waals surface area contributed by atoms with E-state index in [2.05, 4.69) is 9.48 Å². The first-order chi connectivity index (χ1) is 28.0. The van der Waals surface area contributed by atoms with E-state index in [0.717, 1.165) is 11.0 Å². The number of imide groups is 2. The number of anilines is 1. The Morgan fingerprint density at radius 2 is 1.21 bits per heavy atom. The van der Waals surface area contributed by atoms with E-state index in [0.29, 0.717) is 94.7 Å². The SMILES string of the molecule is CCN(CCCN1C(=O)c2ccccc2C1=O)c1ccc2c(-c3ccccc3S(=O)(=O)O)c3ccc(=[N+](CC)CCCN4C(=O)c5ccccc5C4=O)cc-3oc2c1. The van der Waals surface area contributed by atoms with Gasteiger partial charge in [-0.05, 0) is 68.8 Å². The molecule has 4 aromatic rings. The van der Waals surface area contributed by atoms with E-state index in [1.54, 1.807) is 66.7 Å². The van der Waals surface area contributed by atoms with E-state index in [1.807, 2.05) is 50.2 Å². The van der Waals surface area contributed by atoms with E-state index < -0.39 is 10.1 Å². The van der Waals surface area contributed by atoms with Crippen LogP contribution in [0.2, 0.25) is 0 Å². The van der Waals surface area contributed by atoms with E-state index in [4.69, 9.17) is 4.42 Å². The number of carbonyl (C=O) groups excluding carboxylic acids is 4. The molecule has 58 heavy (non-hydrogen) atoms. The molecule has 4 aromatic carbocycles. The Bertz CT molecular complexity index is 2740. The molecule has 0 fully saturated rings. The fourth-order valence-corrected chi connectivity index (χ4v) is 8.81. The molecule has 0 saturated carbocycles. The maximum atomic E-state index is 13.0. The van der Waals surface area contributed by atoms with Gasteiger partial charge in [0, 0.05) is 72.5 Å². The molecular formula is C45H41N4O8S+. The minimum Gasteiger partial charge on any atom is -0.456 e. The maximum absolute atomic E-state index is 13.0. The molecular weight excluding hydrogens is 757 g/mol. The largest absolute Gasteiger partial charge is 0.456 e. The van der Waals surface area contributed by atoms with Crippen LogP contribution in [0.5, 0.6) is 0 Å². The normalized spacial score (nSPS) is 14.5. The van der Waals surface area contributed by atoms with Gasteiger partial charge in [-0.15, -0.1) is 0 Å². The van der Waals surface area contributed by atoms with E-state index in [-0.39, 0.29) is 41.6 Å². The average molecular weight is 798 g/mol. The molecule has 8 rings (SSSR count). The number of rotatable bonds is 13. The van der Waals surface area contributed by atoms with E-state index >= 15 is 0 Å². The lowest BCUT2D eigenvalue weighted by atomic mass is 9.93. The van der Waals surface area contributed by atoms with Crippen molar-refractivity contribution in [3.8, 4) is 22.5 Å². The minimum atomic E-state index is -4.61. The van der Waals surface area contributed by atoms with Gasteiger partial charge in [0.05, 0.1) is 28.3 Å². The number of fused-ring (bicyclic) bond motifs is 4. The highest BCUT2D eigenvalue weighted by atomic mass is 32.2. The summed E-state index contributed by atoms with van der Waals surface area (Å²) in [5.74, 6) is -0.680. The zero-order valence-corrected chi connectivity index (χ0v) is 32.9. The Kier molecular flexibility index (Phi) is 10.3. The first kappa shape index (κ1) is 38.4. The monoisotopic (exact) mass is 797 g/mol. The molecule has 4 aliphatic rings. The third-order valence-electron chi connectivity index (χ3n) is 11.0. The van der Waals surface area contributed by atoms with Crippen molar-refractivity contribution < 1.29 is 36.6 Å². The van der Waals surface area contributed by atoms with Gasteiger partial charge in [-0.3, -0.25) is 33.5 Å². The lowest BCUT2D eigenvalue weighted by molar-refractivity contribution is 0.0637. The summed E-state index contributed by atoms with van der Waals surface area (Å²) in [5, 5.41) is 1.46. The number of hydrogen-bond donors (Lipinski definition) is 1. The summed E-state index contributed by atoms with van der Waals surface area (Å²) in [5.41, 5.74) is 4.51. The average Bonchev–Trinajstić information content (AvgIpc) is 3.62. The third kappa shape index (κ3) is 6.86. The highest BCUT2D eigenvalue weighted by Gasteiger charge is 2.36. The maximum Gasteiger partial charge on any atom is 0.295 e. The summed E-state index contributed by atoms with van der Waals surface area (Å²) in [4.78, 5) is 56.3. The third-order valence-corrected chi connectivity index (χ3v) is 11.9. The van der Waals surface area contributed by atoms with Gasteiger partial charge < -0.3 is 9.32 Å². The summed E-state index contributed by atoms with van der Waals surface area (Å²) in [6.45, 7) is 6.87. The molecule has 13 heteroatoms. The highest BCUT2D eigenvalue weighted by Crippen LogP contribution is 2.43. The Labute approximate surface area is 335 Å². The van der Waals surface area contributed by atoms with Crippen molar-refractivity contribution in [3.63, 3.8) is 0 Å². The first-order valence-corrected chi connectivity index (χ1v) is 20.7. The Hall–Kier alpha value is -6.44. The molecule has 1 aliphatic carbocycles. The van der Waals surface area contributed by atoms with Crippen LogP contribution in [-0.2, 0) is 10.1 Å². The van der Waals surface area contributed by atoms with Crippen LogP contribution in [0.3, 0.4) is 0 Å². The molecule has 0 saturated heterocycles. The number of amides is 4. The van der Waals surface area contributed by atoms with Gasteiger partial charge in [-0.1, -0.05) is 42.5 Å². The molecule has 294 valence electrons. The van der Waals surface area contributed by atoms with Crippen LogP contribution in [0, 0.1) is 0 Å². The molecule has 3 heterocycles. The van der Waals surface area contributed by atoms with E-state index in [1.165, 1.54) is 15.9 Å². The standard InChI is InChI=1S/C45H40N4O8S/c1-3-46(23-11-25-48-42(50)31-13-5-6-14-32(31)43(48)51)29-19-21-35-38(27-29)57-39-28-30(20-22-36(39)41(35)37-17-9-10-18-40(37)58(54,55)56)47(4-2)24-12-26-49-44(52)33-15-7-8-16-34(33)45(49)53/h5-10,13-22,27-28H,3-4,11-12,23-26H2,1-2H3/p+1. The van der Waals surface area contributed by atoms with Crippen LogP contribution in [0.25, 0.3) is 33.4 Å². The Morgan fingerprint density at radius 3 is 1.76 bits per heavy atom. The van der Waals surface area contributed by atoms with Crippen molar-refractivity contribution in [1.82, 2.24) is 14.4 Å². The van der Waals surface area contributed by atoms with Crippen molar-refractivity contribution >= 4 is 50.4 Å². The van der Waals surface area contributed by atoms with Gasteiger partial charge in [0.1, 0.15) is 29.3 Å². The Balaban J connectivity index is 1.13. The number of carbonyl (C=O) groups is 4. The topological polar surface area (TPSA) is 149 Å². The first-order valence-electron chi connectivity index (χ1n) is 19.3. The molecule has 0 spiro atoms. The molecule has 0 aromatic heterocycles. The van der Waals surface area contributed by atoms with Gasteiger partial charge >= 0.3 is 0 Å². The van der Waals surface area contributed by atoms with Crippen LogP contribution < -0.4 is 14.8 Å². The quantitative estimate of drug-likeness (QED) is 0.0603. The van der Waals surface area contributed by atoms with Gasteiger partial charge in [0.2, 0.25) is 5.36 Å². The van der Waals surface area contributed by atoms with Crippen molar-refractivity contribution in [1.29, 1.82) is 0 Å². The zero-order valence-electron chi connectivity index (χ0n) is 32.1. The molecule has 4 amide bonds. The second kappa shape index (κ2) is 15.5. The summed E-state index contributed by atoms with van der Waals surface area (Å²) in [7, 11) is -4.61. The summed E-state index contributed by atoms with van der Waals surface area (Å²) in [6, 6.07) is 31.4. The lowest BCUT2D eigenvalue weighted by Crippen LogP contribution is -2.35.